The second-order valence-electron chi connectivity index (χ2n) is 3.85. The van der Waals surface area contributed by atoms with E-state index in [-0.39, 0.29) is 17.4 Å². The summed E-state index contributed by atoms with van der Waals surface area (Å²) in [7, 11) is -2.45. The Morgan fingerprint density at radius 1 is 1.22 bits per heavy atom. The molecule has 0 radical (unpaired) electrons. The molecule has 1 saturated heterocycles. The van der Waals surface area contributed by atoms with Crippen LogP contribution in [0.15, 0.2) is 0 Å². The van der Waals surface area contributed by atoms with Gasteiger partial charge in [0.25, 0.3) is 0 Å². The first kappa shape index (κ1) is 23.4. The van der Waals surface area contributed by atoms with E-state index in [9.17, 15) is 0 Å². The second-order valence-corrected chi connectivity index (χ2v) is 4.75. The Bertz CT molecular complexity index is 245. The number of hydrogen-bond donors (Lipinski definition) is 4. The summed E-state index contributed by atoms with van der Waals surface area (Å²) in [5.41, 5.74) is 9.81. The molecule has 0 spiro atoms. The molecule has 0 saturated carbocycles. The number of nitrogens with two attached hydrogens (primary N) is 2. The van der Waals surface area contributed by atoms with Crippen LogP contribution in [0.5, 0.6) is 0 Å². The van der Waals surface area contributed by atoms with Gasteiger partial charge in [0.1, 0.15) is 0 Å². The van der Waals surface area contributed by atoms with Gasteiger partial charge in [-0.3, -0.25) is 9.11 Å². The van der Waals surface area contributed by atoms with Crippen LogP contribution in [-0.2, 0) is 27.8 Å². The molecule has 9 heteroatoms. The quantitative estimate of drug-likeness (QED) is 0.489. The molecule has 1 unspecified atom stereocenters. The van der Waals surface area contributed by atoms with Gasteiger partial charge in [0, 0.05) is 36.5 Å². The maximum atomic E-state index is 8.74. The van der Waals surface area contributed by atoms with Crippen molar-refractivity contribution in [2.75, 3.05) is 26.7 Å². The van der Waals surface area contributed by atoms with E-state index in [0.29, 0.717) is 13.1 Å². The smallest absolute Gasteiger partial charge is 0.329 e. The van der Waals surface area contributed by atoms with E-state index in [1.165, 1.54) is 25.8 Å². The predicted molar refractivity (Wildman–Crippen MR) is 68.2 cm³/mol. The molecule has 18 heavy (non-hydrogen) atoms. The largest absolute Gasteiger partial charge is 0.394 e. The van der Waals surface area contributed by atoms with E-state index in [4.69, 9.17) is 29.0 Å². The molecule has 0 aromatic carbocycles. The molecular weight excluding hydrogens is 298 g/mol. The van der Waals surface area contributed by atoms with Crippen molar-refractivity contribution in [3.05, 3.63) is 0 Å². The summed E-state index contributed by atoms with van der Waals surface area (Å²) in [5.74, 6) is 0. The van der Waals surface area contributed by atoms with E-state index in [1.54, 1.807) is 0 Å². The summed E-state index contributed by atoms with van der Waals surface area (Å²) in [4.78, 5) is 2.43. The van der Waals surface area contributed by atoms with Gasteiger partial charge in [-0.1, -0.05) is 6.42 Å². The third-order valence-corrected chi connectivity index (χ3v) is 2.30. The van der Waals surface area contributed by atoms with Crippen LogP contribution in [0.1, 0.15) is 26.2 Å². The minimum atomic E-state index is -4.67. The van der Waals surface area contributed by atoms with Gasteiger partial charge >= 0.3 is 10.4 Å². The zero-order valence-electron chi connectivity index (χ0n) is 10.9. The van der Waals surface area contributed by atoms with Crippen molar-refractivity contribution in [2.45, 2.75) is 32.2 Å². The second kappa shape index (κ2) is 13.7. The molecule has 7 nitrogen and oxygen atoms in total. The summed E-state index contributed by atoms with van der Waals surface area (Å²) in [6.07, 6.45) is 4.24. The standard InChI is InChI=1S/C7H15N.C2H8N2.Cr.H2O4S/c1-7-5-3-4-6-8(7)2;3-1-2-4;;1-5(2,3)4/h7H,3-6H2,1-2H3;1-4H2;;(H2,1,2,3,4). The number of piperidine rings is 1. The topological polar surface area (TPSA) is 130 Å². The van der Waals surface area contributed by atoms with E-state index in [0.717, 1.165) is 6.04 Å². The Hall–Kier alpha value is 0.282. The molecule has 1 aliphatic heterocycles. The molecule has 0 amide bonds. The molecule has 1 atom stereocenters. The zero-order chi connectivity index (χ0) is 13.9. The number of hydrogen-bond acceptors (Lipinski definition) is 5. The van der Waals surface area contributed by atoms with Gasteiger partial charge in [-0.15, -0.1) is 0 Å². The Kier molecular flexibility index (Phi) is 17.8. The molecule has 1 rings (SSSR count). The van der Waals surface area contributed by atoms with Crippen molar-refractivity contribution >= 4 is 10.4 Å². The average Bonchev–Trinajstić information content (AvgIpc) is 2.20. The number of nitrogens with zero attached hydrogens (tertiary/aromatic N) is 1. The summed E-state index contributed by atoms with van der Waals surface area (Å²) in [6, 6.07) is 0.837. The SMILES string of the molecule is CC1CCCCN1C.NCCN.O=S(=O)(O)O.[Cr]. The maximum Gasteiger partial charge on any atom is 0.394 e. The van der Waals surface area contributed by atoms with Crippen molar-refractivity contribution in [3.63, 3.8) is 0 Å². The maximum absolute atomic E-state index is 8.74. The Balaban J connectivity index is -0.000000198. The monoisotopic (exact) mass is 323 g/mol. The summed E-state index contributed by atoms with van der Waals surface area (Å²) in [6.45, 7) is 4.81. The third-order valence-electron chi connectivity index (χ3n) is 2.30. The van der Waals surface area contributed by atoms with Gasteiger partial charge in [0.2, 0.25) is 0 Å². The zero-order valence-corrected chi connectivity index (χ0v) is 13.0. The fourth-order valence-corrected chi connectivity index (χ4v) is 1.24. The summed E-state index contributed by atoms with van der Waals surface area (Å²) >= 11 is 0. The van der Waals surface area contributed by atoms with Gasteiger partial charge in [0.05, 0.1) is 0 Å². The Morgan fingerprint density at radius 2 is 1.61 bits per heavy atom. The average molecular weight is 323 g/mol. The van der Waals surface area contributed by atoms with Gasteiger partial charge in [-0.2, -0.15) is 8.42 Å². The Labute approximate surface area is 121 Å². The van der Waals surface area contributed by atoms with Gasteiger partial charge < -0.3 is 16.4 Å². The van der Waals surface area contributed by atoms with E-state index >= 15 is 0 Å². The molecule has 112 valence electrons. The Morgan fingerprint density at radius 3 is 1.78 bits per heavy atom. The van der Waals surface area contributed by atoms with Gasteiger partial charge in [0.15, 0.2) is 0 Å². The summed E-state index contributed by atoms with van der Waals surface area (Å²) in [5, 5.41) is 0. The van der Waals surface area contributed by atoms with Gasteiger partial charge in [-0.05, 0) is 33.4 Å². The predicted octanol–water partition coefficient (Wildman–Crippen LogP) is -0.261. The molecule has 1 aliphatic rings. The van der Waals surface area contributed by atoms with Crippen LogP contribution >= 0.6 is 0 Å². The first-order valence-electron chi connectivity index (χ1n) is 5.52. The van der Waals surface area contributed by atoms with Crippen LogP contribution in [0.3, 0.4) is 0 Å². The van der Waals surface area contributed by atoms with Crippen molar-refractivity contribution in [1.82, 2.24) is 4.90 Å². The van der Waals surface area contributed by atoms with Crippen LogP contribution in [-0.4, -0.2) is 55.1 Å². The van der Waals surface area contributed by atoms with E-state index < -0.39 is 10.4 Å². The molecule has 1 heterocycles. The minimum Gasteiger partial charge on any atom is -0.329 e. The van der Waals surface area contributed by atoms with Crippen LogP contribution < -0.4 is 11.5 Å². The van der Waals surface area contributed by atoms with Crippen molar-refractivity contribution in [3.8, 4) is 0 Å². The number of rotatable bonds is 1. The van der Waals surface area contributed by atoms with Gasteiger partial charge in [-0.25, -0.2) is 0 Å². The first-order valence-corrected chi connectivity index (χ1v) is 6.92. The molecule has 0 aliphatic carbocycles. The molecular formula is C9H25CrN3O4S. The summed E-state index contributed by atoms with van der Waals surface area (Å²) < 4.78 is 31.6. The van der Waals surface area contributed by atoms with Crippen molar-refractivity contribution in [2.24, 2.45) is 11.5 Å². The fourth-order valence-electron chi connectivity index (χ4n) is 1.24. The molecule has 1 fully saturated rings. The molecule has 6 N–H and O–H groups in total. The van der Waals surface area contributed by atoms with E-state index in [2.05, 4.69) is 18.9 Å². The molecule has 0 aromatic heterocycles. The normalized spacial score (nSPS) is 19.6. The van der Waals surface area contributed by atoms with Crippen LogP contribution in [0.4, 0.5) is 0 Å². The van der Waals surface area contributed by atoms with Crippen molar-refractivity contribution in [1.29, 1.82) is 0 Å². The van der Waals surface area contributed by atoms with Crippen LogP contribution in [0.2, 0.25) is 0 Å². The minimum absolute atomic E-state index is 0. The fraction of sp³-hybridized carbons (Fsp3) is 1.00. The van der Waals surface area contributed by atoms with E-state index in [1.807, 2.05) is 0 Å². The van der Waals surface area contributed by atoms with Crippen LogP contribution in [0, 0.1) is 0 Å². The first-order chi connectivity index (χ1) is 7.72. The molecule has 0 aromatic rings. The van der Waals surface area contributed by atoms with Crippen LogP contribution in [0.25, 0.3) is 0 Å². The van der Waals surface area contributed by atoms with Crippen molar-refractivity contribution < 1.29 is 34.9 Å². The third kappa shape index (κ3) is 25.2. The molecule has 0 bridgehead atoms. The number of likely N-dealkylation sites (tertiary alicyclic amines) is 1.